The largest absolute Gasteiger partial charge is 0.477 e. The van der Waals surface area contributed by atoms with Gasteiger partial charge in [0.25, 0.3) is 5.01 Å². The molecule has 1 aliphatic heterocycles. The molecule has 0 unspecified atom stereocenters. The van der Waals surface area contributed by atoms with Crippen molar-refractivity contribution in [1.29, 1.82) is 0 Å². The molecule has 1 aromatic heterocycles. The molecule has 0 saturated heterocycles. The van der Waals surface area contributed by atoms with Crippen LogP contribution >= 0.6 is 46.3 Å². The molecule has 0 fully saturated rings. The van der Waals surface area contributed by atoms with Crippen molar-refractivity contribution in [2.75, 3.05) is 5.32 Å². The smallest absolute Gasteiger partial charge is 0.370 e. The summed E-state index contributed by atoms with van der Waals surface area (Å²) in [4.78, 5) is 12.4. The van der Waals surface area contributed by atoms with Crippen molar-refractivity contribution in [3.63, 3.8) is 0 Å². The minimum absolute atomic E-state index is 0.122. The lowest BCUT2D eigenvalue weighted by Gasteiger charge is -1.98. The van der Waals surface area contributed by atoms with Gasteiger partial charge in [0.05, 0.1) is 16.8 Å². The molecule has 4 nitrogen and oxygen atoms in total. The molecule has 8 heteroatoms. The maximum absolute atomic E-state index is 11.3. The van der Waals surface area contributed by atoms with Gasteiger partial charge in [-0.05, 0) is 30.3 Å². The zero-order valence-electron chi connectivity index (χ0n) is 12.6. The van der Waals surface area contributed by atoms with Crippen LogP contribution in [0.3, 0.4) is 0 Å². The van der Waals surface area contributed by atoms with Crippen molar-refractivity contribution in [1.82, 2.24) is 0 Å². The summed E-state index contributed by atoms with van der Waals surface area (Å²) in [5, 5.41) is 15.6. The highest BCUT2D eigenvalue weighted by Crippen LogP contribution is 2.43. The average molecular weight is 410 g/mol. The zero-order valence-corrected chi connectivity index (χ0v) is 15.8. The lowest BCUT2D eigenvalue weighted by molar-refractivity contribution is -0.657. The van der Waals surface area contributed by atoms with Crippen LogP contribution in [0, 0.1) is 0 Å². The second-order valence-corrected chi connectivity index (χ2v) is 8.43. The minimum Gasteiger partial charge on any atom is -0.477 e. The Morgan fingerprint density at radius 2 is 1.96 bits per heavy atom. The predicted octanol–water partition coefficient (Wildman–Crippen LogP) is 5.10. The van der Waals surface area contributed by atoms with Crippen LogP contribution in [0.2, 0.25) is 10.0 Å². The van der Waals surface area contributed by atoms with E-state index in [9.17, 15) is 9.90 Å². The molecule has 0 amide bonds. The molecule has 0 radical (unpaired) electrons. The van der Waals surface area contributed by atoms with E-state index in [1.165, 1.54) is 11.3 Å². The van der Waals surface area contributed by atoms with E-state index in [2.05, 4.69) is 5.32 Å². The Hall–Kier alpha value is -1.73. The van der Waals surface area contributed by atoms with E-state index in [4.69, 9.17) is 23.2 Å². The number of halogens is 2. The SMILES string of the molecule is O=C(O)C[n+]1c(/C=C2/Nc3cc(Cl)ccc3S2)sc2ccc(Cl)cc21. The summed E-state index contributed by atoms with van der Waals surface area (Å²) < 4.78 is 2.75. The van der Waals surface area contributed by atoms with Crippen LogP contribution in [0.15, 0.2) is 46.3 Å². The third kappa shape index (κ3) is 3.35. The summed E-state index contributed by atoms with van der Waals surface area (Å²) in [6.45, 7) is -0.122. The topological polar surface area (TPSA) is 53.2 Å². The molecule has 4 rings (SSSR count). The fraction of sp³-hybridized carbons (Fsp3) is 0.0588. The molecule has 1 aliphatic rings. The Kier molecular flexibility index (Phi) is 4.37. The first-order valence-electron chi connectivity index (χ1n) is 7.29. The van der Waals surface area contributed by atoms with Gasteiger partial charge in [-0.3, -0.25) is 0 Å². The van der Waals surface area contributed by atoms with Gasteiger partial charge >= 0.3 is 5.97 Å². The number of hydrogen-bond donors (Lipinski definition) is 2. The number of nitrogens with zero attached hydrogens (tertiary/aromatic N) is 1. The zero-order chi connectivity index (χ0) is 17.6. The Bertz CT molecular complexity index is 1050. The number of aromatic nitrogens is 1. The second kappa shape index (κ2) is 6.53. The number of thiazole rings is 1. The van der Waals surface area contributed by atoms with Crippen LogP contribution in [-0.2, 0) is 11.3 Å². The van der Waals surface area contributed by atoms with Crippen molar-refractivity contribution < 1.29 is 14.5 Å². The van der Waals surface area contributed by atoms with Crippen LogP contribution in [0.5, 0.6) is 0 Å². The number of rotatable bonds is 3. The van der Waals surface area contributed by atoms with E-state index in [0.29, 0.717) is 10.0 Å². The van der Waals surface area contributed by atoms with Gasteiger partial charge in [-0.1, -0.05) is 46.3 Å². The predicted molar refractivity (Wildman–Crippen MR) is 104 cm³/mol. The number of fused-ring (bicyclic) bond motifs is 2. The molecule has 0 spiro atoms. The van der Waals surface area contributed by atoms with Gasteiger partial charge in [0.2, 0.25) is 12.1 Å². The first-order chi connectivity index (χ1) is 12.0. The summed E-state index contributed by atoms with van der Waals surface area (Å²) in [5.41, 5.74) is 1.77. The second-order valence-electron chi connectivity index (χ2n) is 5.41. The molecule has 3 aromatic rings. The van der Waals surface area contributed by atoms with E-state index in [1.807, 2.05) is 36.4 Å². The maximum Gasteiger partial charge on any atom is 0.370 e. The fourth-order valence-corrected chi connectivity index (χ4v) is 5.05. The Morgan fingerprint density at radius 3 is 2.76 bits per heavy atom. The molecule has 0 aliphatic carbocycles. The van der Waals surface area contributed by atoms with Crippen molar-refractivity contribution >= 4 is 74.2 Å². The Labute approximate surface area is 161 Å². The first-order valence-corrected chi connectivity index (χ1v) is 9.68. The minimum atomic E-state index is -0.897. The van der Waals surface area contributed by atoms with Crippen LogP contribution in [0.25, 0.3) is 16.3 Å². The quantitative estimate of drug-likeness (QED) is 0.591. The first kappa shape index (κ1) is 16.7. The highest BCUT2D eigenvalue weighted by molar-refractivity contribution is 8.03. The van der Waals surface area contributed by atoms with Gasteiger partial charge in [-0.25, -0.2) is 4.79 Å². The van der Waals surface area contributed by atoms with E-state index in [-0.39, 0.29) is 6.54 Å². The molecule has 2 heterocycles. The summed E-state index contributed by atoms with van der Waals surface area (Å²) in [6.07, 6.45) is 1.96. The van der Waals surface area contributed by atoms with Gasteiger partial charge in [0.15, 0.2) is 0 Å². The summed E-state index contributed by atoms with van der Waals surface area (Å²) in [7, 11) is 0. The number of hydrogen-bond acceptors (Lipinski definition) is 4. The van der Waals surface area contributed by atoms with Crippen LogP contribution in [0.4, 0.5) is 5.69 Å². The van der Waals surface area contributed by atoms with E-state index < -0.39 is 5.97 Å². The lowest BCUT2D eigenvalue weighted by atomic mass is 10.3. The third-order valence-electron chi connectivity index (χ3n) is 3.66. The Morgan fingerprint density at radius 1 is 1.20 bits per heavy atom. The Balaban J connectivity index is 1.78. The molecule has 0 atom stereocenters. The van der Waals surface area contributed by atoms with Crippen molar-refractivity contribution in [2.45, 2.75) is 11.4 Å². The van der Waals surface area contributed by atoms with E-state index in [0.717, 1.165) is 30.8 Å². The molecular weight excluding hydrogens is 399 g/mol. The number of anilines is 1. The highest BCUT2D eigenvalue weighted by Gasteiger charge is 2.24. The van der Waals surface area contributed by atoms with Crippen LogP contribution < -0.4 is 9.88 Å². The summed E-state index contributed by atoms with van der Waals surface area (Å²) in [5.74, 6) is -0.897. The average Bonchev–Trinajstić information content (AvgIpc) is 3.08. The summed E-state index contributed by atoms with van der Waals surface area (Å²) in [6, 6.07) is 11.2. The van der Waals surface area contributed by atoms with Gasteiger partial charge in [0.1, 0.15) is 4.70 Å². The standard InChI is InChI=1S/C17H10Cl2N2O2S2/c18-9-1-3-13-11(5-9)20-15(24-13)7-16-21(8-17(22)23)12-6-10(19)2-4-14(12)25-16/h1-7H,8H2,(H,22,23)/p+1. The number of carboxylic acids is 1. The molecule has 0 saturated carbocycles. The molecule has 25 heavy (non-hydrogen) atoms. The van der Waals surface area contributed by atoms with E-state index in [1.54, 1.807) is 22.4 Å². The number of carbonyl (C=O) groups is 1. The van der Waals surface area contributed by atoms with Crippen LogP contribution in [-0.4, -0.2) is 11.1 Å². The number of nitrogens with one attached hydrogen (secondary N) is 1. The maximum atomic E-state index is 11.3. The van der Waals surface area contributed by atoms with Gasteiger partial charge in [-0.15, -0.1) is 0 Å². The number of benzene rings is 2. The fourth-order valence-electron chi connectivity index (χ4n) is 2.62. The van der Waals surface area contributed by atoms with E-state index >= 15 is 0 Å². The number of thioether (sulfide) groups is 1. The highest BCUT2D eigenvalue weighted by atomic mass is 35.5. The molecular formula is C17H11Cl2N2O2S2+. The summed E-state index contributed by atoms with van der Waals surface area (Å²) >= 11 is 15.2. The molecule has 2 N–H and O–H groups in total. The lowest BCUT2D eigenvalue weighted by Crippen LogP contribution is -2.39. The normalized spacial score (nSPS) is 14.7. The van der Waals surface area contributed by atoms with Crippen molar-refractivity contribution in [3.05, 3.63) is 56.5 Å². The van der Waals surface area contributed by atoms with Gasteiger partial charge in [-0.2, -0.15) is 4.57 Å². The van der Waals surface area contributed by atoms with Gasteiger partial charge in [0, 0.05) is 21.0 Å². The molecule has 126 valence electrons. The molecule has 0 bridgehead atoms. The van der Waals surface area contributed by atoms with Crippen LogP contribution in [0.1, 0.15) is 5.01 Å². The number of aliphatic carboxylic acids is 1. The van der Waals surface area contributed by atoms with Crippen molar-refractivity contribution in [2.24, 2.45) is 0 Å². The molecule has 2 aromatic carbocycles. The van der Waals surface area contributed by atoms with Crippen molar-refractivity contribution in [3.8, 4) is 0 Å². The van der Waals surface area contributed by atoms with Gasteiger partial charge < -0.3 is 10.4 Å². The number of carboxylic acid groups (broad SMARTS) is 1. The monoisotopic (exact) mass is 409 g/mol. The third-order valence-corrected chi connectivity index (χ3v) is 6.26.